The van der Waals surface area contributed by atoms with Crippen LogP contribution in [0.1, 0.15) is 18.1 Å². The van der Waals surface area contributed by atoms with Crippen LogP contribution >= 0.6 is 11.6 Å². The molecule has 0 fully saturated rings. The number of likely N-dealkylation sites (N-methyl/N-ethyl adjacent to an activating group) is 1. The molecule has 0 N–H and O–H groups in total. The topological polar surface area (TPSA) is 38.8 Å². The molecule has 0 saturated heterocycles. The molecule has 5 heteroatoms. The lowest BCUT2D eigenvalue weighted by Gasteiger charge is -2.15. The molecule has 4 nitrogen and oxygen atoms in total. The summed E-state index contributed by atoms with van der Waals surface area (Å²) in [6.45, 7) is 2.98. The predicted octanol–water partition coefficient (Wildman–Crippen LogP) is 4.42. The summed E-state index contributed by atoms with van der Waals surface area (Å²) < 4.78 is 10.8. The van der Waals surface area contributed by atoms with Crippen molar-refractivity contribution in [3.05, 3.63) is 64.7 Å². The summed E-state index contributed by atoms with van der Waals surface area (Å²) in [5.41, 5.74) is 1.85. The van der Waals surface area contributed by atoms with Crippen LogP contribution in [0.3, 0.4) is 0 Å². The molecule has 0 saturated carbocycles. The predicted molar refractivity (Wildman–Crippen MR) is 101 cm³/mol. The third-order valence-electron chi connectivity index (χ3n) is 3.59. The number of amides is 1. The van der Waals surface area contributed by atoms with Gasteiger partial charge < -0.3 is 14.4 Å². The van der Waals surface area contributed by atoms with Gasteiger partial charge in [0.2, 0.25) is 5.91 Å². The lowest BCUT2D eigenvalue weighted by Crippen LogP contribution is -2.24. The Morgan fingerprint density at radius 1 is 1.20 bits per heavy atom. The van der Waals surface area contributed by atoms with Crippen molar-refractivity contribution in [1.82, 2.24) is 4.90 Å². The second-order valence-corrected chi connectivity index (χ2v) is 5.94. The van der Waals surface area contributed by atoms with Crippen LogP contribution in [0.4, 0.5) is 0 Å². The van der Waals surface area contributed by atoms with E-state index >= 15 is 0 Å². The number of carbonyl (C=O) groups excluding carboxylic acids is 1. The molecular formula is C20H22ClNO3. The Labute approximate surface area is 153 Å². The van der Waals surface area contributed by atoms with Gasteiger partial charge in [0, 0.05) is 24.7 Å². The molecule has 2 aromatic carbocycles. The van der Waals surface area contributed by atoms with E-state index in [-0.39, 0.29) is 5.91 Å². The highest BCUT2D eigenvalue weighted by Gasteiger charge is 2.07. The zero-order chi connectivity index (χ0) is 18.2. The largest absolute Gasteiger partial charge is 0.493 e. The fraction of sp³-hybridized carbons (Fsp3) is 0.250. The molecule has 0 aliphatic heterocycles. The highest BCUT2D eigenvalue weighted by Crippen LogP contribution is 2.28. The van der Waals surface area contributed by atoms with Gasteiger partial charge in [0.05, 0.1) is 13.7 Å². The number of carbonyl (C=O) groups is 1. The van der Waals surface area contributed by atoms with Gasteiger partial charge in [-0.15, -0.1) is 0 Å². The molecule has 2 rings (SSSR count). The van der Waals surface area contributed by atoms with E-state index in [4.69, 9.17) is 21.1 Å². The molecule has 0 aromatic heterocycles. The van der Waals surface area contributed by atoms with Crippen LogP contribution in [0.15, 0.2) is 48.5 Å². The molecule has 0 aliphatic carbocycles. The number of ether oxygens (including phenoxy) is 2. The molecule has 132 valence electrons. The Hall–Kier alpha value is -2.46. The lowest BCUT2D eigenvalue weighted by molar-refractivity contribution is -0.125. The van der Waals surface area contributed by atoms with Crippen molar-refractivity contribution < 1.29 is 14.3 Å². The van der Waals surface area contributed by atoms with Gasteiger partial charge in [-0.1, -0.05) is 29.8 Å². The van der Waals surface area contributed by atoms with Crippen LogP contribution in [0.2, 0.25) is 5.02 Å². The summed E-state index contributed by atoms with van der Waals surface area (Å²) in [6, 6.07) is 13.0. The molecule has 0 heterocycles. The number of hydrogen-bond donors (Lipinski definition) is 0. The first-order chi connectivity index (χ1) is 12.0. The molecule has 0 atom stereocenters. The minimum atomic E-state index is -0.0900. The van der Waals surface area contributed by atoms with Crippen molar-refractivity contribution >= 4 is 23.6 Å². The summed E-state index contributed by atoms with van der Waals surface area (Å²) >= 11 is 5.97. The molecule has 1 amide bonds. The van der Waals surface area contributed by atoms with Gasteiger partial charge in [0.15, 0.2) is 11.5 Å². The zero-order valence-electron chi connectivity index (χ0n) is 14.7. The van der Waals surface area contributed by atoms with E-state index in [0.29, 0.717) is 29.7 Å². The highest BCUT2D eigenvalue weighted by atomic mass is 35.5. The minimum absolute atomic E-state index is 0.0900. The van der Waals surface area contributed by atoms with Gasteiger partial charge in [0.1, 0.15) is 0 Å². The number of nitrogens with zero attached hydrogens (tertiary/aromatic N) is 1. The number of benzene rings is 2. The number of hydrogen-bond acceptors (Lipinski definition) is 3. The average Bonchev–Trinajstić information content (AvgIpc) is 2.60. The van der Waals surface area contributed by atoms with Crippen LogP contribution in [0.25, 0.3) is 6.08 Å². The van der Waals surface area contributed by atoms with Gasteiger partial charge in [-0.05, 0) is 48.4 Å². The summed E-state index contributed by atoms with van der Waals surface area (Å²) in [4.78, 5) is 13.9. The third-order valence-corrected chi connectivity index (χ3v) is 3.83. The molecule has 0 bridgehead atoms. The second kappa shape index (κ2) is 9.14. The summed E-state index contributed by atoms with van der Waals surface area (Å²) in [7, 11) is 3.35. The normalized spacial score (nSPS) is 10.7. The maximum Gasteiger partial charge on any atom is 0.246 e. The van der Waals surface area contributed by atoms with Crippen molar-refractivity contribution in [2.45, 2.75) is 13.5 Å². The third kappa shape index (κ3) is 5.54. The van der Waals surface area contributed by atoms with E-state index in [1.807, 2.05) is 49.4 Å². The van der Waals surface area contributed by atoms with E-state index < -0.39 is 0 Å². The maximum atomic E-state index is 12.3. The first-order valence-corrected chi connectivity index (χ1v) is 8.39. The van der Waals surface area contributed by atoms with Crippen molar-refractivity contribution in [2.75, 3.05) is 20.8 Å². The van der Waals surface area contributed by atoms with Crippen molar-refractivity contribution in [3.63, 3.8) is 0 Å². The number of halogens is 1. The smallest absolute Gasteiger partial charge is 0.246 e. The Kier molecular flexibility index (Phi) is 6.90. The quantitative estimate of drug-likeness (QED) is 0.687. The van der Waals surface area contributed by atoms with Crippen LogP contribution < -0.4 is 9.47 Å². The molecule has 0 aliphatic rings. The number of rotatable bonds is 7. The van der Waals surface area contributed by atoms with Crippen LogP contribution in [0.5, 0.6) is 11.5 Å². The van der Waals surface area contributed by atoms with Gasteiger partial charge in [-0.25, -0.2) is 0 Å². The van der Waals surface area contributed by atoms with Crippen LogP contribution in [-0.2, 0) is 11.3 Å². The first-order valence-electron chi connectivity index (χ1n) is 8.02. The standard InChI is InChI=1S/C20H22ClNO3/c1-4-25-18-10-8-15(13-19(18)24-3)9-11-20(23)22(2)14-16-6-5-7-17(21)12-16/h5-13H,4,14H2,1-3H3/b11-9+. The fourth-order valence-electron chi connectivity index (χ4n) is 2.34. The van der Waals surface area contributed by atoms with Crippen molar-refractivity contribution in [1.29, 1.82) is 0 Å². The molecule has 0 spiro atoms. The van der Waals surface area contributed by atoms with E-state index in [9.17, 15) is 4.79 Å². The van der Waals surface area contributed by atoms with Gasteiger partial charge >= 0.3 is 0 Å². The van der Waals surface area contributed by atoms with Crippen LogP contribution in [-0.4, -0.2) is 31.6 Å². The summed E-state index contributed by atoms with van der Waals surface area (Å²) in [5.74, 6) is 1.24. The van der Waals surface area contributed by atoms with Crippen molar-refractivity contribution in [2.24, 2.45) is 0 Å². The van der Waals surface area contributed by atoms with E-state index in [0.717, 1.165) is 11.1 Å². The first kappa shape index (κ1) is 18.9. The van der Waals surface area contributed by atoms with Crippen LogP contribution in [0, 0.1) is 0 Å². The van der Waals surface area contributed by atoms with E-state index in [2.05, 4.69) is 0 Å². The summed E-state index contributed by atoms with van der Waals surface area (Å²) in [5, 5.41) is 0.662. The molecular weight excluding hydrogens is 338 g/mol. The molecule has 0 radical (unpaired) electrons. The maximum absolute atomic E-state index is 12.3. The highest BCUT2D eigenvalue weighted by molar-refractivity contribution is 6.30. The Bertz CT molecular complexity index is 758. The van der Waals surface area contributed by atoms with Gasteiger partial charge in [-0.2, -0.15) is 0 Å². The number of methoxy groups -OCH3 is 1. The van der Waals surface area contributed by atoms with Gasteiger partial charge in [0.25, 0.3) is 0 Å². The lowest BCUT2D eigenvalue weighted by atomic mass is 10.1. The van der Waals surface area contributed by atoms with E-state index in [1.165, 1.54) is 0 Å². The monoisotopic (exact) mass is 359 g/mol. The second-order valence-electron chi connectivity index (χ2n) is 5.50. The minimum Gasteiger partial charge on any atom is -0.493 e. The van der Waals surface area contributed by atoms with Crippen molar-refractivity contribution in [3.8, 4) is 11.5 Å². The molecule has 0 unspecified atom stereocenters. The Morgan fingerprint density at radius 2 is 2.00 bits per heavy atom. The Morgan fingerprint density at radius 3 is 2.68 bits per heavy atom. The average molecular weight is 360 g/mol. The van der Waals surface area contributed by atoms with E-state index in [1.54, 1.807) is 31.2 Å². The molecule has 2 aromatic rings. The Balaban J connectivity index is 2.03. The summed E-state index contributed by atoms with van der Waals surface area (Å²) in [6.07, 6.45) is 3.30. The SMILES string of the molecule is CCOc1ccc(/C=C/C(=O)N(C)Cc2cccc(Cl)c2)cc1OC. The van der Waals surface area contributed by atoms with Gasteiger partial charge in [-0.3, -0.25) is 4.79 Å². The molecule has 25 heavy (non-hydrogen) atoms. The zero-order valence-corrected chi connectivity index (χ0v) is 15.4. The fourth-order valence-corrected chi connectivity index (χ4v) is 2.56.